The van der Waals surface area contributed by atoms with E-state index in [1.54, 1.807) is 0 Å². The Balaban J connectivity index is 3.68. The fourth-order valence-corrected chi connectivity index (χ4v) is 2.84. The number of hydrogen-bond donors (Lipinski definition) is 0. The lowest BCUT2D eigenvalue weighted by Gasteiger charge is -2.02. The standard InChI is InChI=1S/C7H3Cl2NO5S2/c8-16(12,13)5-1-2-6(10-4-11)7(3-5)17(9,14)15/h1-3H. The highest BCUT2D eigenvalue weighted by Crippen LogP contribution is 2.30. The molecule has 0 N–H and O–H groups in total. The van der Waals surface area contributed by atoms with Crippen molar-refractivity contribution < 1.29 is 21.6 Å². The molecule has 0 aliphatic carbocycles. The average Bonchev–Trinajstić information content (AvgIpc) is 2.15. The van der Waals surface area contributed by atoms with E-state index in [4.69, 9.17) is 21.4 Å². The van der Waals surface area contributed by atoms with E-state index in [2.05, 4.69) is 4.99 Å². The highest BCUT2D eigenvalue weighted by Gasteiger charge is 2.20. The summed E-state index contributed by atoms with van der Waals surface area (Å²) in [6, 6.07) is 2.68. The van der Waals surface area contributed by atoms with Crippen LogP contribution in [-0.2, 0) is 22.9 Å². The summed E-state index contributed by atoms with van der Waals surface area (Å²) in [4.78, 5) is 12.0. The molecule has 17 heavy (non-hydrogen) atoms. The highest BCUT2D eigenvalue weighted by molar-refractivity contribution is 8.14. The number of carbonyl (C=O) groups excluding carboxylic acids is 1. The number of benzene rings is 1. The molecule has 1 rings (SSSR count). The summed E-state index contributed by atoms with van der Waals surface area (Å²) in [7, 11) is 1.73. The van der Waals surface area contributed by atoms with Gasteiger partial charge in [-0.2, -0.15) is 4.99 Å². The minimum atomic E-state index is -4.26. The first-order valence-electron chi connectivity index (χ1n) is 3.77. The van der Waals surface area contributed by atoms with Gasteiger partial charge in [-0.1, -0.05) is 0 Å². The van der Waals surface area contributed by atoms with Crippen molar-refractivity contribution in [2.45, 2.75) is 9.79 Å². The molecule has 0 radical (unpaired) electrons. The largest absolute Gasteiger partial charge is 0.263 e. The molecule has 0 aromatic heterocycles. The van der Waals surface area contributed by atoms with E-state index in [0.717, 1.165) is 18.2 Å². The Morgan fingerprint density at radius 2 is 1.65 bits per heavy atom. The van der Waals surface area contributed by atoms with Gasteiger partial charge in [0.15, 0.2) is 0 Å². The van der Waals surface area contributed by atoms with Crippen LogP contribution in [0.5, 0.6) is 0 Å². The molecule has 92 valence electrons. The van der Waals surface area contributed by atoms with Gasteiger partial charge in [-0.15, -0.1) is 0 Å². The monoisotopic (exact) mass is 315 g/mol. The van der Waals surface area contributed by atoms with Gasteiger partial charge < -0.3 is 0 Å². The topological polar surface area (TPSA) is 97.7 Å². The molecule has 0 atom stereocenters. The fraction of sp³-hybridized carbons (Fsp3) is 0. The number of rotatable bonds is 3. The third-order valence-electron chi connectivity index (χ3n) is 1.64. The van der Waals surface area contributed by atoms with Gasteiger partial charge in [0.2, 0.25) is 6.08 Å². The molecular weight excluding hydrogens is 313 g/mol. The van der Waals surface area contributed by atoms with Crippen molar-refractivity contribution >= 4 is 51.2 Å². The number of halogens is 2. The van der Waals surface area contributed by atoms with Crippen LogP contribution >= 0.6 is 21.4 Å². The van der Waals surface area contributed by atoms with E-state index in [9.17, 15) is 21.6 Å². The normalized spacial score (nSPS) is 11.9. The summed E-state index contributed by atoms with van der Waals surface area (Å²) >= 11 is 0. The Hall–Kier alpha value is -0.920. The van der Waals surface area contributed by atoms with E-state index in [0.29, 0.717) is 6.07 Å². The third kappa shape index (κ3) is 3.52. The molecule has 1 aromatic carbocycles. The zero-order chi connectivity index (χ0) is 13.3. The predicted molar refractivity (Wildman–Crippen MR) is 60.3 cm³/mol. The van der Waals surface area contributed by atoms with Crippen molar-refractivity contribution in [3.05, 3.63) is 18.2 Å². The number of nitrogens with zero attached hydrogens (tertiary/aromatic N) is 1. The Labute approximate surface area is 106 Å². The van der Waals surface area contributed by atoms with E-state index in [1.165, 1.54) is 0 Å². The number of isocyanates is 1. The summed E-state index contributed by atoms with van der Waals surface area (Å²) in [5.74, 6) is 0. The van der Waals surface area contributed by atoms with E-state index >= 15 is 0 Å². The van der Waals surface area contributed by atoms with Crippen LogP contribution in [0.4, 0.5) is 5.69 Å². The van der Waals surface area contributed by atoms with Gasteiger partial charge in [0.1, 0.15) is 4.90 Å². The molecule has 0 aliphatic rings. The van der Waals surface area contributed by atoms with E-state index in [1.807, 2.05) is 0 Å². The molecule has 10 heteroatoms. The van der Waals surface area contributed by atoms with Crippen molar-refractivity contribution in [1.29, 1.82) is 0 Å². The van der Waals surface area contributed by atoms with Crippen LogP contribution in [0.25, 0.3) is 0 Å². The van der Waals surface area contributed by atoms with Crippen molar-refractivity contribution in [3.8, 4) is 0 Å². The summed E-state index contributed by atoms with van der Waals surface area (Å²) in [6.45, 7) is 0. The lowest BCUT2D eigenvalue weighted by Crippen LogP contribution is -1.96. The van der Waals surface area contributed by atoms with Crippen LogP contribution in [0.1, 0.15) is 0 Å². The SMILES string of the molecule is O=C=Nc1ccc(S(=O)(=O)Cl)cc1S(=O)(=O)Cl. The van der Waals surface area contributed by atoms with Crippen molar-refractivity contribution in [2.24, 2.45) is 4.99 Å². The Bertz CT molecular complexity index is 704. The van der Waals surface area contributed by atoms with Gasteiger partial charge >= 0.3 is 0 Å². The Morgan fingerprint density at radius 3 is 2.06 bits per heavy atom. The lowest BCUT2D eigenvalue weighted by atomic mass is 10.3. The quantitative estimate of drug-likeness (QED) is 0.478. The van der Waals surface area contributed by atoms with Crippen LogP contribution in [0.2, 0.25) is 0 Å². The average molecular weight is 316 g/mol. The lowest BCUT2D eigenvalue weighted by molar-refractivity contribution is 0.565. The van der Waals surface area contributed by atoms with Gasteiger partial charge in [0.05, 0.1) is 10.6 Å². The van der Waals surface area contributed by atoms with Crippen LogP contribution in [-0.4, -0.2) is 22.9 Å². The van der Waals surface area contributed by atoms with Crippen molar-refractivity contribution in [2.75, 3.05) is 0 Å². The van der Waals surface area contributed by atoms with E-state index < -0.39 is 27.9 Å². The van der Waals surface area contributed by atoms with Gasteiger partial charge in [-0.05, 0) is 18.2 Å². The Morgan fingerprint density at radius 1 is 1.06 bits per heavy atom. The van der Waals surface area contributed by atoms with Gasteiger partial charge in [-0.3, -0.25) is 0 Å². The zero-order valence-corrected chi connectivity index (χ0v) is 10.9. The molecule has 0 amide bonds. The number of aliphatic imine (C=N–C) groups is 1. The van der Waals surface area contributed by atoms with E-state index in [-0.39, 0.29) is 5.69 Å². The first-order chi connectivity index (χ1) is 7.66. The second-order valence-corrected chi connectivity index (χ2v) is 7.81. The van der Waals surface area contributed by atoms with Gasteiger partial charge in [-0.25, -0.2) is 21.6 Å². The molecule has 1 aromatic rings. The van der Waals surface area contributed by atoms with Crippen LogP contribution in [0.15, 0.2) is 33.0 Å². The first kappa shape index (κ1) is 14.1. The summed E-state index contributed by atoms with van der Waals surface area (Å²) in [6.07, 6.45) is 1.12. The maximum atomic E-state index is 11.1. The molecule has 0 saturated carbocycles. The molecule has 0 aliphatic heterocycles. The fourth-order valence-electron chi connectivity index (χ4n) is 0.983. The third-order valence-corrected chi connectivity index (χ3v) is 4.34. The summed E-state index contributed by atoms with van der Waals surface area (Å²) < 4.78 is 44.3. The Kier molecular flexibility index (Phi) is 3.95. The zero-order valence-electron chi connectivity index (χ0n) is 7.79. The molecule has 0 spiro atoms. The minimum Gasteiger partial charge on any atom is -0.211 e. The maximum absolute atomic E-state index is 11.1. The van der Waals surface area contributed by atoms with Crippen molar-refractivity contribution in [3.63, 3.8) is 0 Å². The molecule has 0 bridgehead atoms. The molecule has 0 heterocycles. The summed E-state index contributed by atoms with van der Waals surface area (Å²) in [5, 5.41) is 0. The highest BCUT2D eigenvalue weighted by atomic mass is 35.7. The van der Waals surface area contributed by atoms with Gasteiger partial charge in [0.25, 0.3) is 18.1 Å². The van der Waals surface area contributed by atoms with Crippen LogP contribution in [0, 0.1) is 0 Å². The maximum Gasteiger partial charge on any atom is 0.263 e. The predicted octanol–water partition coefficient (Wildman–Crippen LogP) is 1.51. The summed E-state index contributed by atoms with van der Waals surface area (Å²) in [5.41, 5.74) is -0.320. The van der Waals surface area contributed by atoms with Crippen LogP contribution < -0.4 is 0 Å². The second-order valence-electron chi connectivity index (χ2n) is 2.71. The molecule has 0 saturated heterocycles. The molecule has 6 nitrogen and oxygen atoms in total. The first-order valence-corrected chi connectivity index (χ1v) is 8.39. The molecule has 0 unspecified atom stereocenters. The van der Waals surface area contributed by atoms with Crippen LogP contribution in [0.3, 0.4) is 0 Å². The number of hydrogen-bond acceptors (Lipinski definition) is 6. The second kappa shape index (κ2) is 4.75. The van der Waals surface area contributed by atoms with Gasteiger partial charge in [0, 0.05) is 21.4 Å². The van der Waals surface area contributed by atoms with Crippen molar-refractivity contribution in [1.82, 2.24) is 0 Å². The molecular formula is C7H3Cl2NO5S2. The molecule has 0 fully saturated rings. The smallest absolute Gasteiger partial charge is 0.211 e. The minimum absolute atomic E-state index is 0.320.